The SMILES string of the molecule is C=CCOc1ccccc1C1CC(c2cc(C)ccc2O)=NN1C(N)=S. The van der Waals surface area contributed by atoms with Gasteiger partial charge in [-0.2, -0.15) is 5.10 Å². The number of ether oxygens (including phenoxy) is 1. The maximum atomic E-state index is 10.2. The van der Waals surface area contributed by atoms with Gasteiger partial charge >= 0.3 is 0 Å². The second kappa shape index (κ2) is 7.58. The van der Waals surface area contributed by atoms with Crippen LogP contribution in [0.25, 0.3) is 0 Å². The van der Waals surface area contributed by atoms with Crippen LogP contribution >= 0.6 is 12.2 Å². The molecule has 0 fully saturated rings. The lowest BCUT2D eigenvalue weighted by atomic mass is 9.96. The van der Waals surface area contributed by atoms with Crippen molar-refractivity contribution in [1.29, 1.82) is 0 Å². The minimum atomic E-state index is -0.191. The number of thiocarbonyl (C=S) groups is 1. The molecule has 1 unspecified atom stereocenters. The molecule has 0 aliphatic carbocycles. The van der Waals surface area contributed by atoms with Crippen molar-refractivity contribution < 1.29 is 9.84 Å². The number of hydrogen-bond donors (Lipinski definition) is 2. The standard InChI is InChI=1S/C20H21N3O2S/c1-3-10-25-19-7-5-4-6-14(19)17-12-16(22-23(17)20(21)26)15-11-13(2)8-9-18(15)24/h3-9,11,17,24H,1,10,12H2,2H3,(H2,21,26). The highest BCUT2D eigenvalue weighted by Crippen LogP contribution is 2.38. The second-order valence-corrected chi connectivity index (χ2v) is 6.53. The molecule has 5 nitrogen and oxygen atoms in total. The molecule has 3 rings (SSSR count). The Labute approximate surface area is 158 Å². The minimum absolute atomic E-state index is 0.177. The topological polar surface area (TPSA) is 71.1 Å². The summed E-state index contributed by atoms with van der Waals surface area (Å²) >= 11 is 5.20. The lowest BCUT2D eigenvalue weighted by Crippen LogP contribution is -2.31. The van der Waals surface area contributed by atoms with Gasteiger partial charge in [0, 0.05) is 17.5 Å². The fourth-order valence-electron chi connectivity index (χ4n) is 3.04. The Morgan fingerprint density at radius 3 is 2.92 bits per heavy atom. The summed E-state index contributed by atoms with van der Waals surface area (Å²) in [6.45, 7) is 6.07. The number of benzene rings is 2. The van der Waals surface area contributed by atoms with Crippen molar-refractivity contribution in [3.63, 3.8) is 0 Å². The number of aryl methyl sites for hydroxylation is 1. The van der Waals surface area contributed by atoms with Crippen LogP contribution in [0.2, 0.25) is 0 Å². The van der Waals surface area contributed by atoms with Crippen molar-refractivity contribution in [1.82, 2.24) is 5.01 Å². The lowest BCUT2D eigenvalue weighted by molar-refractivity contribution is 0.328. The van der Waals surface area contributed by atoms with Gasteiger partial charge in [-0.05, 0) is 37.3 Å². The van der Waals surface area contributed by atoms with Gasteiger partial charge in [0.2, 0.25) is 0 Å². The summed E-state index contributed by atoms with van der Waals surface area (Å²) in [4.78, 5) is 0. The van der Waals surface area contributed by atoms with Crippen LogP contribution in [-0.4, -0.2) is 27.5 Å². The summed E-state index contributed by atoms with van der Waals surface area (Å²) in [5.41, 5.74) is 9.33. The third-order valence-electron chi connectivity index (χ3n) is 4.23. The van der Waals surface area contributed by atoms with Crippen LogP contribution in [0.5, 0.6) is 11.5 Å². The lowest BCUT2D eigenvalue weighted by Gasteiger charge is -2.23. The monoisotopic (exact) mass is 367 g/mol. The van der Waals surface area contributed by atoms with Gasteiger partial charge in [-0.1, -0.05) is 42.5 Å². The highest BCUT2D eigenvalue weighted by Gasteiger charge is 2.33. The van der Waals surface area contributed by atoms with Gasteiger partial charge in [-0.15, -0.1) is 0 Å². The Bertz CT molecular complexity index is 879. The third-order valence-corrected chi connectivity index (χ3v) is 4.42. The molecule has 26 heavy (non-hydrogen) atoms. The largest absolute Gasteiger partial charge is 0.507 e. The molecule has 3 N–H and O–H groups in total. The van der Waals surface area contributed by atoms with E-state index in [1.807, 2.05) is 43.3 Å². The van der Waals surface area contributed by atoms with E-state index < -0.39 is 0 Å². The third kappa shape index (κ3) is 3.55. The molecule has 0 bridgehead atoms. The number of para-hydroxylation sites is 1. The highest BCUT2D eigenvalue weighted by molar-refractivity contribution is 7.80. The number of rotatable bonds is 5. The zero-order valence-corrected chi connectivity index (χ0v) is 15.4. The first-order valence-electron chi connectivity index (χ1n) is 8.30. The second-order valence-electron chi connectivity index (χ2n) is 6.11. The Morgan fingerprint density at radius 2 is 2.19 bits per heavy atom. The summed E-state index contributed by atoms with van der Waals surface area (Å²) in [6, 6.07) is 13.0. The Hall–Kier alpha value is -2.86. The highest BCUT2D eigenvalue weighted by atomic mass is 32.1. The summed E-state index contributed by atoms with van der Waals surface area (Å²) in [6.07, 6.45) is 2.26. The molecule has 1 aliphatic heterocycles. The molecule has 0 saturated heterocycles. The molecular formula is C20H21N3O2S. The summed E-state index contributed by atoms with van der Waals surface area (Å²) in [5.74, 6) is 0.928. The van der Waals surface area contributed by atoms with Crippen LogP contribution in [0.4, 0.5) is 0 Å². The number of phenols is 1. The van der Waals surface area contributed by atoms with E-state index in [9.17, 15) is 5.11 Å². The molecule has 0 spiro atoms. The van der Waals surface area contributed by atoms with Crippen LogP contribution in [0.1, 0.15) is 29.2 Å². The quantitative estimate of drug-likeness (QED) is 0.623. The number of hydrogen-bond acceptors (Lipinski definition) is 4. The van der Waals surface area contributed by atoms with E-state index in [1.54, 1.807) is 17.2 Å². The van der Waals surface area contributed by atoms with Crippen molar-refractivity contribution in [3.05, 3.63) is 71.8 Å². The average Bonchev–Trinajstić information content (AvgIpc) is 3.07. The molecule has 2 aromatic rings. The number of hydrazone groups is 1. The van der Waals surface area contributed by atoms with Gasteiger partial charge in [0.05, 0.1) is 11.8 Å². The van der Waals surface area contributed by atoms with E-state index in [-0.39, 0.29) is 16.9 Å². The minimum Gasteiger partial charge on any atom is -0.507 e. The molecule has 134 valence electrons. The molecule has 0 aromatic heterocycles. The van der Waals surface area contributed by atoms with Gasteiger partial charge in [0.1, 0.15) is 18.1 Å². The zero-order valence-electron chi connectivity index (χ0n) is 14.6. The van der Waals surface area contributed by atoms with Gasteiger partial charge in [-0.25, -0.2) is 5.01 Å². The Balaban J connectivity index is 1.99. The number of phenolic OH excluding ortho intramolecular Hbond substituents is 1. The van der Waals surface area contributed by atoms with Crippen LogP contribution in [0.3, 0.4) is 0 Å². The molecule has 1 aliphatic rings. The van der Waals surface area contributed by atoms with E-state index in [4.69, 9.17) is 22.7 Å². The number of aromatic hydroxyl groups is 1. The van der Waals surface area contributed by atoms with Gasteiger partial charge in [-0.3, -0.25) is 0 Å². The van der Waals surface area contributed by atoms with Crippen molar-refractivity contribution in [2.75, 3.05) is 6.61 Å². The zero-order chi connectivity index (χ0) is 18.7. The fourth-order valence-corrected chi connectivity index (χ4v) is 3.20. The summed E-state index contributed by atoms with van der Waals surface area (Å²) in [7, 11) is 0. The Kier molecular flexibility index (Phi) is 5.23. The predicted octanol–water partition coefficient (Wildman–Crippen LogP) is 3.66. The average molecular weight is 367 g/mol. The maximum absolute atomic E-state index is 10.2. The van der Waals surface area contributed by atoms with E-state index >= 15 is 0 Å². The molecule has 0 saturated carbocycles. The van der Waals surface area contributed by atoms with Gasteiger partial charge in [0.15, 0.2) is 5.11 Å². The first kappa shape index (κ1) is 17.9. The molecule has 1 heterocycles. The first-order chi connectivity index (χ1) is 12.5. The van der Waals surface area contributed by atoms with Crippen molar-refractivity contribution in [2.24, 2.45) is 10.8 Å². The first-order valence-corrected chi connectivity index (χ1v) is 8.71. The molecule has 1 atom stereocenters. The smallest absolute Gasteiger partial charge is 0.187 e. The van der Waals surface area contributed by atoms with Crippen LogP contribution in [-0.2, 0) is 0 Å². The molecule has 0 radical (unpaired) electrons. The van der Waals surface area contributed by atoms with Gasteiger partial charge < -0.3 is 15.6 Å². The normalized spacial score (nSPS) is 16.3. The van der Waals surface area contributed by atoms with Crippen molar-refractivity contribution in [3.8, 4) is 11.5 Å². The van der Waals surface area contributed by atoms with Crippen LogP contribution in [0.15, 0.2) is 60.2 Å². The summed E-state index contributed by atoms with van der Waals surface area (Å²) in [5, 5.41) is 16.6. The number of nitrogens with zero attached hydrogens (tertiary/aromatic N) is 2. The number of nitrogens with two attached hydrogens (primary N) is 1. The van der Waals surface area contributed by atoms with E-state index in [0.29, 0.717) is 18.6 Å². The van der Waals surface area contributed by atoms with E-state index in [0.717, 1.165) is 22.6 Å². The van der Waals surface area contributed by atoms with E-state index in [1.165, 1.54) is 0 Å². The van der Waals surface area contributed by atoms with Crippen molar-refractivity contribution in [2.45, 2.75) is 19.4 Å². The van der Waals surface area contributed by atoms with E-state index in [2.05, 4.69) is 11.7 Å². The molecule has 0 amide bonds. The molecule has 2 aromatic carbocycles. The fraction of sp³-hybridized carbons (Fsp3) is 0.200. The Morgan fingerprint density at radius 1 is 1.42 bits per heavy atom. The maximum Gasteiger partial charge on any atom is 0.187 e. The summed E-state index contributed by atoms with van der Waals surface area (Å²) < 4.78 is 5.78. The molecular weight excluding hydrogens is 346 g/mol. The van der Waals surface area contributed by atoms with Crippen molar-refractivity contribution >= 4 is 23.0 Å². The van der Waals surface area contributed by atoms with Crippen LogP contribution in [0, 0.1) is 6.92 Å². The van der Waals surface area contributed by atoms with Gasteiger partial charge in [0.25, 0.3) is 0 Å². The molecule has 6 heteroatoms. The predicted molar refractivity (Wildman–Crippen MR) is 107 cm³/mol. The van der Waals surface area contributed by atoms with Crippen LogP contribution < -0.4 is 10.5 Å².